The van der Waals surface area contributed by atoms with Gasteiger partial charge in [-0.15, -0.1) is 0 Å². The van der Waals surface area contributed by atoms with Crippen LogP contribution < -0.4 is 5.32 Å². The number of piperazine rings is 1. The molecule has 1 atom stereocenters. The lowest BCUT2D eigenvalue weighted by Gasteiger charge is -2.44. The highest BCUT2D eigenvalue weighted by Gasteiger charge is 2.29. The molecule has 0 spiro atoms. The third kappa shape index (κ3) is 2.85. The van der Waals surface area contributed by atoms with Gasteiger partial charge < -0.3 is 5.32 Å². The van der Waals surface area contributed by atoms with E-state index in [4.69, 9.17) is 0 Å². The molecule has 3 rings (SSSR count). The predicted octanol–water partition coefficient (Wildman–Crippen LogP) is 1.62. The molecule has 1 N–H and O–H groups in total. The molecule has 0 amide bonds. The van der Waals surface area contributed by atoms with Crippen molar-refractivity contribution in [2.45, 2.75) is 19.0 Å². The summed E-state index contributed by atoms with van der Waals surface area (Å²) in [6.07, 6.45) is 0. The maximum atomic E-state index is 13.3. The van der Waals surface area contributed by atoms with Crippen LogP contribution in [0.2, 0.25) is 0 Å². The van der Waals surface area contributed by atoms with E-state index in [2.05, 4.69) is 15.1 Å². The Morgan fingerprint density at radius 2 is 1.65 bits per heavy atom. The molecular formula is C15H21F2N3. The molecule has 3 nitrogen and oxygen atoms in total. The van der Waals surface area contributed by atoms with Gasteiger partial charge in [0.1, 0.15) is 11.6 Å². The summed E-state index contributed by atoms with van der Waals surface area (Å²) in [5.74, 6) is -0.989. The molecule has 5 heteroatoms. The van der Waals surface area contributed by atoms with Crippen molar-refractivity contribution < 1.29 is 8.78 Å². The van der Waals surface area contributed by atoms with E-state index in [-0.39, 0.29) is 6.04 Å². The van der Waals surface area contributed by atoms with Crippen molar-refractivity contribution in [3.8, 4) is 0 Å². The fourth-order valence-electron chi connectivity index (χ4n) is 3.05. The van der Waals surface area contributed by atoms with E-state index in [1.807, 2.05) is 6.92 Å². The van der Waals surface area contributed by atoms with E-state index in [0.717, 1.165) is 50.9 Å². The lowest BCUT2D eigenvalue weighted by atomic mass is 10.0. The van der Waals surface area contributed by atoms with Crippen molar-refractivity contribution in [1.82, 2.24) is 15.1 Å². The molecule has 0 bridgehead atoms. The molecule has 2 aliphatic rings. The lowest BCUT2D eigenvalue weighted by Crippen LogP contribution is -2.61. The zero-order valence-corrected chi connectivity index (χ0v) is 11.8. The Hall–Kier alpha value is -1.04. The maximum Gasteiger partial charge on any atom is 0.126 e. The molecule has 20 heavy (non-hydrogen) atoms. The van der Waals surface area contributed by atoms with Crippen LogP contribution in [0.15, 0.2) is 18.2 Å². The van der Waals surface area contributed by atoms with Crippen LogP contribution in [0.1, 0.15) is 18.5 Å². The summed E-state index contributed by atoms with van der Waals surface area (Å²) < 4.78 is 26.6. The topological polar surface area (TPSA) is 18.5 Å². The zero-order chi connectivity index (χ0) is 14.1. The standard InChI is InChI=1S/C15H21F2N3/c1-11(12-6-13(16)8-14(17)7-12)19-2-4-20(5-3-19)15-9-18-10-15/h6-8,11,15,18H,2-5,9-10H2,1H3. The Labute approximate surface area is 118 Å². The van der Waals surface area contributed by atoms with Crippen molar-refractivity contribution in [3.63, 3.8) is 0 Å². The van der Waals surface area contributed by atoms with Gasteiger partial charge >= 0.3 is 0 Å². The minimum Gasteiger partial charge on any atom is -0.314 e. The van der Waals surface area contributed by atoms with Gasteiger partial charge in [0, 0.05) is 57.4 Å². The molecule has 1 aromatic carbocycles. The summed E-state index contributed by atoms with van der Waals surface area (Å²) in [5, 5.41) is 3.29. The van der Waals surface area contributed by atoms with E-state index in [9.17, 15) is 8.78 Å². The second-order valence-electron chi connectivity index (χ2n) is 5.76. The Kier molecular flexibility index (Phi) is 4.01. The first kappa shape index (κ1) is 13.9. The highest BCUT2D eigenvalue weighted by atomic mass is 19.1. The predicted molar refractivity (Wildman–Crippen MR) is 74.6 cm³/mol. The maximum absolute atomic E-state index is 13.3. The Morgan fingerprint density at radius 3 is 2.15 bits per heavy atom. The van der Waals surface area contributed by atoms with Crippen LogP contribution >= 0.6 is 0 Å². The van der Waals surface area contributed by atoms with Crippen LogP contribution in [-0.2, 0) is 0 Å². The van der Waals surface area contributed by atoms with Crippen molar-refractivity contribution in [3.05, 3.63) is 35.4 Å². The summed E-state index contributed by atoms with van der Waals surface area (Å²) in [7, 11) is 0. The number of nitrogens with zero attached hydrogens (tertiary/aromatic N) is 2. The average molecular weight is 281 g/mol. The number of rotatable bonds is 3. The Morgan fingerprint density at radius 1 is 1.05 bits per heavy atom. The van der Waals surface area contributed by atoms with Gasteiger partial charge in [-0.05, 0) is 24.6 Å². The van der Waals surface area contributed by atoms with Crippen molar-refractivity contribution in [2.75, 3.05) is 39.3 Å². The average Bonchev–Trinajstić information content (AvgIpc) is 2.35. The molecule has 2 aliphatic heterocycles. The van der Waals surface area contributed by atoms with Crippen LogP contribution in [0, 0.1) is 11.6 Å². The summed E-state index contributed by atoms with van der Waals surface area (Å²) in [5.41, 5.74) is 0.723. The molecular weight excluding hydrogens is 260 g/mol. The molecule has 2 heterocycles. The highest BCUT2D eigenvalue weighted by Crippen LogP contribution is 2.24. The molecule has 0 aromatic heterocycles. The van der Waals surface area contributed by atoms with Crippen LogP contribution in [0.4, 0.5) is 8.78 Å². The quantitative estimate of drug-likeness (QED) is 0.908. The first-order valence-corrected chi connectivity index (χ1v) is 7.28. The van der Waals surface area contributed by atoms with E-state index in [1.54, 1.807) is 0 Å². The molecule has 2 saturated heterocycles. The molecule has 1 aromatic rings. The van der Waals surface area contributed by atoms with E-state index >= 15 is 0 Å². The van der Waals surface area contributed by atoms with Crippen LogP contribution in [0.25, 0.3) is 0 Å². The molecule has 110 valence electrons. The van der Waals surface area contributed by atoms with Gasteiger partial charge in [0.05, 0.1) is 0 Å². The lowest BCUT2D eigenvalue weighted by molar-refractivity contribution is 0.0551. The zero-order valence-electron chi connectivity index (χ0n) is 11.8. The Bertz CT molecular complexity index is 448. The minimum absolute atomic E-state index is 0.0573. The molecule has 2 fully saturated rings. The van der Waals surface area contributed by atoms with Crippen LogP contribution in [0.5, 0.6) is 0 Å². The highest BCUT2D eigenvalue weighted by molar-refractivity contribution is 5.21. The number of hydrogen-bond acceptors (Lipinski definition) is 3. The summed E-state index contributed by atoms with van der Waals surface area (Å²) in [4.78, 5) is 4.81. The van der Waals surface area contributed by atoms with Gasteiger partial charge in [-0.3, -0.25) is 9.80 Å². The van der Waals surface area contributed by atoms with Gasteiger partial charge in [0.15, 0.2) is 0 Å². The van der Waals surface area contributed by atoms with E-state index < -0.39 is 11.6 Å². The number of hydrogen-bond donors (Lipinski definition) is 1. The van der Waals surface area contributed by atoms with E-state index in [1.165, 1.54) is 12.1 Å². The first-order chi connectivity index (χ1) is 9.63. The number of benzene rings is 1. The van der Waals surface area contributed by atoms with Crippen molar-refractivity contribution in [2.24, 2.45) is 0 Å². The number of nitrogens with one attached hydrogen (secondary N) is 1. The fraction of sp³-hybridized carbons (Fsp3) is 0.600. The normalized spacial score (nSPS) is 23.6. The van der Waals surface area contributed by atoms with Gasteiger partial charge in [0.25, 0.3) is 0 Å². The van der Waals surface area contributed by atoms with Crippen LogP contribution in [-0.4, -0.2) is 55.1 Å². The molecule has 0 saturated carbocycles. The molecule has 0 aliphatic carbocycles. The number of halogens is 2. The molecule has 1 unspecified atom stereocenters. The third-order valence-electron chi connectivity index (χ3n) is 4.54. The second kappa shape index (κ2) is 5.76. The monoisotopic (exact) mass is 281 g/mol. The third-order valence-corrected chi connectivity index (χ3v) is 4.54. The summed E-state index contributed by atoms with van der Waals surface area (Å²) in [6.45, 7) is 8.18. The first-order valence-electron chi connectivity index (χ1n) is 7.28. The largest absolute Gasteiger partial charge is 0.314 e. The molecule has 0 radical (unpaired) electrons. The summed E-state index contributed by atoms with van der Waals surface area (Å²) >= 11 is 0. The van der Waals surface area contributed by atoms with Gasteiger partial charge in [0.2, 0.25) is 0 Å². The minimum atomic E-state index is -0.494. The van der Waals surface area contributed by atoms with Crippen LogP contribution in [0.3, 0.4) is 0 Å². The van der Waals surface area contributed by atoms with Gasteiger partial charge in [-0.2, -0.15) is 0 Å². The SMILES string of the molecule is CC(c1cc(F)cc(F)c1)N1CCN(C2CNC2)CC1. The van der Waals surface area contributed by atoms with E-state index in [0.29, 0.717) is 6.04 Å². The summed E-state index contributed by atoms with van der Waals surface area (Å²) in [6, 6.07) is 4.55. The Balaban J connectivity index is 1.61. The van der Waals surface area contributed by atoms with Crippen molar-refractivity contribution in [1.29, 1.82) is 0 Å². The van der Waals surface area contributed by atoms with Gasteiger partial charge in [-0.25, -0.2) is 8.78 Å². The second-order valence-corrected chi connectivity index (χ2v) is 5.76. The van der Waals surface area contributed by atoms with Crippen molar-refractivity contribution >= 4 is 0 Å². The van der Waals surface area contributed by atoms with Gasteiger partial charge in [-0.1, -0.05) is 0 Å². The smallest absolute Gasteiger partial charge is 0.126 e. The fourth-order valence-corrected chi connectivity index (χ4v) is 3.05.